The molecule has 142 valence electrons. The molecule has 4 saturated carbocycles. The molecule has 0 aromatic heterocycles. The molecule has 4 fully saturated rings. The number of esters is 1. The van der Waals surface area contributed by atoms with Crippen molar-refractivity contribution in [2.75, 3.05) is 6.61 Å². The Hall–Kier alpha value is -1.16. The van der Waals surface area contributed by atoms with Gasteiger partial charge in [-0.25, -0.2) is 4.79 Å². The molecule has 0 radical (unpaired) electrons. The zero-order chi connectivity index (χ0) is 18.1. The van der Waals surface area contributed by atoms with E-state index in [-0.39, 0.29) is 17.3 Å². The minimum absolute atomic E-state index is 0.148. The van der Waals surface area contributed by atoms with Crippen LogP contribution in [-0.2, 0) is 14.3 Å². The molecular formula is C22H30O4. The van der Waals surface area contributed by atoms with Crippen molar-refractivity contribution in [3.05, 3.63) is 11.6 Å². The van der Waals surface area contributed by atoms with Crippen molar-refractivity contribution >= 4 is 11.8 Å². The van der Waals surface area contributed by atoms with E-state index in [9.17, 15) is 14.7 Å². The number of cyclic esters (lactones) is 1. The molecule has 0 amide bonds. The molecule has 4 nitrogen and oxygen atoms in total. The van der Waals surface area contributed by atoms with Gasteiger partial charge in [-0.2, -0.15) is 0 Å². The Bertz CT molecular complexity index is 682. The highest BCUT2D eigenvalue weighted by Crippen LogP contribution is 2.67. The Morgan fingerprint density at radius 2 is 1.92 bits per heavy atom. The van der Waals surface area contributed by atoms with Gasteiger partial charge >= 0.3 is 5.97 Å². The van der Waals surface area contributed by atoms with Crippen molar-refractivity contribution in [1.82, 2.24) is 0 Å². The molecule has 0 unspecified atom stereocenters. The largest absolute Gasteiger partial charge is 0.458 e. The second-order valence-corrected chi connectivity index (χ2v) is 9.85. The highest BCUT2D eigenvalue weighted by atomic mass is 16.5. The fourth-order valence-electron chi connectivity index (χ4n) is 7.82. The van der Waals surface area contributed by atoms with Crippen molar-refractivity contribution in [3.63, 3.8) is 0 Å². The molecule has 4 aliphatic carbocycles. The van der Waals surface area contributed by atoms with Gasteiger partial charge in [-0.15, -0.1) is 0 Å². The summed E-state index contributed by atoms with van der Waals surface area (Å²) in [5.41, 5.74) is 0.328. The van der Waals surface area contributed by atoms with Gasteiger partial charge in [-0.3, -0.25) is 4.79 Å². The molecule has 26 heavy (non-hydrogen) atoms. The molecule has 4 heteroatoms. The molecular weight excluding hydrogens is 328 g/mol. The van der Waals surface area contributed by atoms with Crippen LogP contribution in [0.15, 0.2) is 11.6 Å². The summed E-state index contributed by atoms with van der Waals surface area (Å²) in [6.07, 6.45) is 10.4. The molecule has 5 rings (SSSR count). The van der Waals surface area contributed by atoms with Crippen molar-refractivity contribution in [3.8, 4) is 0 Å². The topological polar surface area (TPSA) is 63.6 Å². The number of aliphatic hydroxyl groups is 1. The van der Waals surface area contributed by atoms with Gasteiger partial charge in [0.2, 0.25) is 0 Å². The Morgan fingerprint density at radius 1 is 1.08 bits per heavy atom. The zero-order valence-corrected chi connectivity index (χ0v) is 15.7. The van der Waals surface area contributed by atoms with Gasteiger partial charge in [-0.05, 0) is 80.1 Å². The summed E-state index contributed by atoms with van der Waals surface area (Å²) < 4.78 is 5.18. The van der Waals surface area contributed by atoms with Crippen LogP contribution >= 0.6 is 0 Å². The smallest absolute Gasteiger partial charge is 0.331 e. The van der Waals surface area contributed by atoms with Crippen LogP contribution in [0.2, 0.25) is 0 Å². The van der Waals surface area contributed by atoms with E-state index in [1.807, 2.05) is 0 Å². The van der Waals surface area contributed by atoms with Crippen molar-refractivity contribution in [1.29, 1.82) is 0 Å². The number of ether oxygens (including phenoxy) is 1. The molecule has 7 atom stereocenters. The van der Waals surface area contributed by atoms with E-state index in [1.54, 1.807) is 6.08 Å². The second kappa shape index (κ2) is 5.67. The van der Waals surface area contributed by atoms with Crippen LogP contribution in [0.3, 0.4) is 0 Å². The van der Waals surface area contributed by atoms with Crippen LogP contribution in [0.4, 0.5) is 0 Å². The van der Waals surface area contributed by atoms with Crippen LogP contribution in [0.1, 0.15) is 64.7 Å². The summed E-state index contributed by atoms with van der Waals surface area (Å²) in [6.45, 7) is 2.68. The Morgan fingerprint density at radius 3 is 2.69 bits per heavy atom. The Kier molecular flexibility index (Phi) is 3.70. The third kappa shape index (κ3) is 2.17. The summed E-state index contributed by atoms with van der Waals surface area (Å²) >= 11 is 0. The molecule has 0 bridgehead atoms. The number of hydrogen-bond acceptors (Lipinski definition) is 4. The lowest BCUT2D eigenvalue weighted by atomic mass is 9.47. The third-order valence-corrected chi connectivity index (χ3v) is 9.08. The van der Waals surface area contributed by atoms with Crippen LogP contribution < -0.4 is 0 Å². The van der Waals surface area contributed by atoms with E-state index < -0.39 is 5.60 Å². The summed E-state index contributed by atoms with van der Waals surface area (Å²) in [5, 5.41) is 12.0. The van der Waals surface area contributed by atoms with Crippen molar-refractivity contribution in [2.24, 2.45) is 35.0 Å². The van der Waals surface area contributed by atoms with Crippen LogP contribution in [-0.4, -0.2) is 29.1 Å². The number of fused-ring (bicyclic) bond motifs is 5. The first-order valence-corrected chi connectivity index (χ1v) is 10.5. The number of carbonyl (C=O) groups excluding carboxylic acids is 2. The first-order valence-electron chi connectivity index (χ1n) is 10.5. The van der Waals surface area contributed by atoms with Gasteiger partial charge in [0.25, 0.3) is 0 Å². The second-order valence-electron chi connectivity index (χ2n) is 9.85. The number of ketones is 1. The van der Waals surface area contributed by atoms with Gasteiger partial charge < -0.3 is 9.84 Å². The molecule has 0 spiro atoms. The van der Waals surface area contributed by atoms with Crippen molar-refractivity contribution in [2.45, 2.75) is 70.3 Å². The lowest BCUT2D eigenvalue weighted by molar-refractivity contribution is -0.184. The average Bonchev–Trinajstić information content (AvgIpc) is 3.15. The van der Waals surface area contributed by atoms with Crippen LogP contribution in [0.5, 0.6) is 0 Å². The zero-order valence-electron chi connectivity index (χ0n) is 15.7. The standard InChI is InChI=1S/C22H30O4/c1-21-8-6-17-16-4-3-15(23)10-13(16)2-5-19(17)22(21,25)9-7-18(21)14-11-20(24)26-12-14/h11,13,16-19,25H,2-10,12H2,1H3/t13-,16+,17-,18-,19-,21-,22+/m1/s1. The average molecular weight is 358 g/mol. The van der Waals surface area contributed by atoms with Crippen molar-refractivity contribution < 1.29 is 19.4 Å². The summed E-state index contributed by atoms with van der Waals surface area (Å²) in [6, 6.07) is 0. The normalized spacial score (nSPS) is 50.5. The van der Waals surface area contributed by atoms with Gasteiger partial charge in [-0.1, -0.05) is 6.92 Å². The minimum atomic E-state index is -0.626. The van der Waals surface area contributed by atoms with Gasteiger partial charge in [0.15, 0.2) is 0 Å². The van der Waals surface area contributed by atoms with Gasteiger partial charge in [0.1, 0.15) is 12.4 Å². The fourth-order valence-corrected chi connectivity index (χ4v) is 7.82. The number of rotatable bonds is 1. The molecule has 1 heterocycles. The Labute approximate surface area is 155 Å². The monoisotopic (exact) mass is 358 g/mol. The van der Waals surface area contributed by atoms with E-state index in [2.05, 4.69) is 6.92 Å². The van der Waals surface area contributed by atoms with E-state index in [1.165, 1.54) is 0 Å². The van der Waals surface area contributed by atoms with E-state index >= 15 is 0 Å². The molecule has 0 saturated heterocycles. The SMILES string of the molecule is C[C@]12CC[C@@H]3[C@H]4CCC(=O)C[C@H]4CC[C@H]3[C@@]1(O)CC[C@@H]2C1=CC(=O)OC1. The predicted octanol–water partition coefficient (Wildman–Crippen LogP) is 3.42. The quantitative estimate of drug-likeness (QED) is 0.730. The first-order chi connectivity index (χ1) is 12.4. The van der Waals surface area contributed by atoms with E-state index in [0.29, 0.717) is 36.1 Å². The Balaban J connectivity index is 1.44. The molecule has 0 aromatic carbocycles. The third-order valence-electron chi connectivity index (χ3n) is 9.08. The van der Waals surface area contributed by atoms with Gasteiger partial charge in [0.05, 0.1) is 5.60 Å². The molecule has 1 aliphatic heterocycles. The fraction of sp³-hybridized carbons (Fsp3) is 0.818. The summed E-state index contributed by atoms with van der Waals surface area (Å²) in [5.74, 6) is 2.63. The van der Waals surface area contributed by atoms with Crippen LogP contribution in [0, 0.1) is 35.0 Å². The maximum atomic E-state index is 12.0. The van der Waals surface area contributed by atoms with Gasteiger partial charge in [0, 0.05) is 24.3 Å². The number of carbonyl (C=O) groups is 2. The molecule has 0 aromatic rings. The molecule has 1 N–H and O–H groups in total. The summed E-state index contributed by atoms with van der Waals surface area (Å²) in [7, 11) is 0. The number of Topliss-reactive ketones (excluding diaryl/α,β-unsaturated/α-hetero) is 1. The predicted molar refractivity (Wildman–Crippen MR) is 96.1 cm³/mol. The minimum Gasteiger partial charge on any atom is -0.458 e. The highest BCUT2D eigenvalue weighted by Gasteiger charge is 2.65. The van der Waals surface area contributed by atoms with E-state index in [4.69, 9.17) is 4.74 Å². The maximum Gasteiger partial charge on any atom is 0.331 e. The lowest BCUT2D eigenvalue weighted by Crippen LogP contribution is -2.59. The highest BCUT2D eigenvalue weighted by molar-refractivity contribution is 5.85. The molecule has 5 aliphatic rings. The van der Waals surface area contributed by atoms with Crippen LogP contribution in [0.25, 0.3) is 0 Å². The summed E-state index contributed by atoms with van der Waals surface area (Å²) in [4.78, 5) is 23.5. The lowest BCUT2D eigenvalue weighted by Gasteiger charge is -2.59. The number of hydrogen-bond donors (Lipinski definition) is 1. The maximum absolute atomic E-state index is 12.0. The van der Waals surface area contributed by atoms with E-state index in [0.717, 1.165) is 63.4 Å². The first kappa shape index (κ1) is 17.0.